The second-order valence-electron chi connectivity index (χ2n) is 4.27. The fraction of sp³-hybridized carbons (Fsp3) is 0.133. The molecule has 5 heteroatoms. The van der Waals surface area contributed by atoms with Crippen molar-refractivity contribution in [2.45, 2.75) is 11.4 Å². The van der Waals surface area contributed by atoms with Crippen molar-refractivity contribution in [3.05, 3.63) is 59.7 Å². The van der Waals surface area contributed by atoms with E-state index in [1.54, 1.807) is 11.8 Å². The number of nitrogens with one attached hydrogen (secondary N) is 1. The molecule has 0 atom stereocenters. The molecule has 0 spiro atoms. The van der Waals surface area contributed by atoms with Gasteiger partial charge in [-0.2, -0.15) is 0 Å². The number of nitrogens with two attached hydrogens (primary N) is 1. The number of benzene rings is 2. The predicted octanol–water partition coefficient (Wildman–Crippen LogP) is 3.12. The average molecular weight is 287 g/mol. The molecule has 0 aromatic heterocycles. The summed E-state index contributed by atoms with van der Waals surface area (Å²) in [5.41, 5.74) is 8.46. The van der Waals surface area contributed by atoms with Crippen LogP contribution in [0, 0.1) is 0 Å². The Hall–Kier alpha value is -2.14. The van der Waals surface area contributed by atoms with E-state index in [1.165, 1.54) is 4.90 Å². The van der Waals surface area contributed by atoms with Crippen molar-refractivity contribution in [1.82, 2.24) is 0 Å². The van der Waals surface area contributed by atoms with Crippen LogP contribution in [0.15, 0.2) is 58.6 Å². The van der Waals surface area contributed by atoms with Gasteiger partial charge in [-0.1, -0.05) is 35.5 Å². The Bertz CT molecular complexity index is 596. The quantitative estimate of drug-likeness (QED) is 0.260. The van der Waals surface area contributed by atoms with Crippen molar-refractivity contribution in [3.8, 4) is 0 Å². The molecule has 0 saturated carbocycles. The molecule has 0 heterocycles. The highest BCUT2D eigenvalue weighted by atomic mass is 32.2. The topological polar surface area (TPSA) is 70.6 Å². The Morgan fingerprint density at radius 1 is 1.25 bits per heavy atom. The van der Waals surface area contributed by atoms with Crippen molar-refractivity contribution >= 4 is 23.3 Å². The van der Waals surface area contributed by atoms with Gasteiger partial charge in [-0.15, -0.1) is 11.8 Å². The number of thioether (sulfide) groups is 1. The van der Waals surface area contributed by atoms with Gasteiger partial charge in [0.25, 0.3) is 0 Å². The molecule has 4 nitrogen and oxygen atoms in total. The highest BCUT2D eigenvalue weighted by Crippen LogP contribution is 2.19. The first-order valence-electron chi connectivity index (χ1n) is 6.17. The molecule has 0 aliphatic rings. The molecule has 0 radical (unpaired) electrons. The summed E-state index contributed by atoms with van der Waals surface area (Å²) in [5, 5.41) is 15.0. The maximum Gasteiger partial charge on any atom is 0.170 e. The minimum absolute atomic E-state index is 0.122. The summed E-state index contributed by atoms with van der Waals surface area (Å²) in [7, 11) is 0. The normalized spacial score (nSPS) is 11.3. The summed E-state index contributed by atoms with van der Waals surface area (Å²) >= 11 is 1.72. The third kappa shape index (κ3) is 3.68. The molecule has 20 heavy (non-hydrogen) atoms. The van der Waals surface area contributed by atoms with Crippen molar-refractivity contribution < 1.29 is 5.21 Å². The van der Waals surface area contributed by atoms with Crippen LogP contribution in [0.4, 0.5) is 5.69 Å². The molecule has 2 aromatic carbocycles. The lowest BCUT2D eigenvalue weighted by Gasteiger charge is -2.08. The lowest BCUT2D eigenvalue weighted by molar-refractivity contribution is 0.318. The zero-order chi connectivity index (χ0) is 14.4. The van der Waals surface area contributed by atoms with E-state index in [9.17, 15) is 0 Å². The Kier molecular flexibility index (Phi) is 4.90. The van der Waals surface area contributed by atoms with E-state index in [-0.39, 0.29) is 5.84 Å². The van der Waals surface area contributed by atoms with Gasteiger partial charge in [0.15, 0.2) is 5.84 Å². The largest absolute Gasteiger partial charge is 0.409 e. The number of oxime groups is 1. The smallest absolute Gasteiger partial charge is 0.170 e. The van der Waals surface area contributed by atoms with Crippen LogP contribution >= 0.6 is 11.8 Å². The van der Waals surface area contributed by atoms with Crippen LogP contribution in [0.2, 0.25) is 0 Å². The lowest BCUT2D eigenvalue weighted by Crippen LogP contribution is -2.13. The fourth-order valence-corrected chi connectivity index (χ4v) is 2.25. The monoisotopic (exact) mass is 287 g/mol. The maximum atomic E-state index is 8.61. The van der Waals surface area contributed by atoms with Crippen molar-refractivity contribution in [2.75, 3.05) is 11.6 Å². The molecule has 0 aliphatic carbocycles. The third-order valence-electron chi connectivity index (χ3n) is 2.92. The first-order valence-corrected chi connectivity index (χ1v) is 7.40. The second-order valence-corrected chi connectivity index (χ2v) is 5.15. The molecule has 0 unspecified atom stereocenters. The minimum Gasteiger partial charge on any atom is -0.409 e. The van der Waals surface area contributed by atoms with Crippen LogP contribution in [-0.4, -0.2) is 17.3 Å². The van der Waals surface area contributed by atoms with Gasteiger partial charge in [0.05, 0.1) is 0 Å². The summed E-state index contributed by atoms with van der Waals surface area (Å²) in [6, 6.07) is 15.9. The van der Waals surface area contributed by atoms with E-state index < -0.39 is 0 Å². The zero-order valence-electron chi connectivity index (χ0n) is 11.2. The SMILES string of the molecule is CSc1cccc(NCc2ccc(C(N)=NO)cc2)c1. The maximum absolute atomic E-state index is 8.61. The summed E-state index contributed by atoms with van der Waals surface area (Å²) in [4.78, 5) is 1.23. The molecule has 4 N–H and O–H groups in total. The Morgan fingerprint density at radius 3 is 2.65 bits per heavy atom. The molecule has 0 amide bonds. The number of hydrogen-bond acceptors (Lipinski definition) is 4. The Balaban J connectivity index is 2.00. The molecular weight excluding hydrogens is 270 g/mol. The molecule has 0 fully saturated rings. The molecule has 2 aromatic rings. The molecule has 104 valence electrons. The third-order valence-corrected chi connectivity index (χ3v) is 3.65. The molecule has 0 aliphatic heterocycles. The van der Waals surface area contributed by atoms with Crippen LogP contribution in [0.1, 0.15) is 11.1 Å². The van der Waals surface area contributed by atoms with Crippen LogP contribution in [0.5, 0.6) is 0 Å². The number of anilines is 1. The Morgan fingerprint density at radius 2 is 2.00 bits per heavy atom. The highest BCUT2D eigenvalue weighted by molar-refractivity contribution is 7.98. The van der Waals surface area contributed by atoms with Crippen LogP contribution in [0.3, 0.4) is 0 Å². The van der Waals surface area contributed by atoms with Gasteiger partial charge in [-0.05, 0) is 30.0 Å². The summed E-state index contributed by atoms with van der Waals surface area (Å²) in [6.07, 6.45) is 2.06. The van der Waals surface area contributed by atoms with Crippen LogP contribution in [-0.2, 0) is 6.54 Å². The Labute approximate surface area is 122 Å². The lowest BCUT2D eigenvalue weighted by atomic mass is 10.1. The first-order chi connectivity index (χ1) is 9.72. The minimum atomic E-state index is 0.122. The number of rotatable bonds is 5. The standard InChI is InChI=1S/C15H17N3OS/c1-20-14-4-2-3-13(9-14)17-10-11-5-7-12(8-6-11)15(16)18-19/h2-9,17,19H,10H2,1H3,(H2,16,18). The number of hydrogen-bond donors (Lipinski definition) is 3. The van der Waals surface area contributed by atoms with Gasteiger partial charge >= 0.3 is 0 Å². The van der Waals surface area contributed by atoms with E-state index in [0.29, 0.717) is 5.56 Å². The summed E-state index contributed by atoms with van der Waals surface area (Å²) < 4.78 is 0. The fourth-order valence-electron chi connectivity index (χ4n) is 1.79. The van der Waals surface area contributed by atoms with Gasteiger partial charge in [0.1, 0.15) is 0 Å². The van der Waals surface area contributed by atoms with Crippen molar-refractivity contribution in [3.63, 3.8) is 0 Å². The van der Waals surface area contributed by atoms with Crippen molar-refractivity contribution in [2.24, 2.45) is 10.9 Å². The zero-order valence-corrected chi connectivity index (χ0v) is 12.0. The van der Waals surface area contributed by atoms with Crippen LogP contribution < -0.4 is 11.1 Å². The van der Waals surface area contributed by atoms with E-state index in [4.69, 9.17) is 10.9 Å². The number of nitrogens with zero attached hydrogens (tertiary/aromatic N) is 1. The average Bonchev–Trinajstić information content (AvgIpc) is 2.53. The molecule has 0 saturated heterocycles. The summed E-state index contributed by atoms with van der Waals surface area (Å²) in [5.74, 6) is 0.122. The van der Waals surface area contributed by atoms with Crippen molar-refractivity contribution in [1.29, 1.82) is 0 Å². The van der Waals surface area contributed by atoms with Gasteiger partial charge in [0.2, 0.25) is 0 Å². The number of amidine groups is 1. The molecule has 2 rings (SSSR count). The van der Waals surface area contributed by atoms with Gasteiger partial charge < -0.3 is 16.3 Å². The predicted molar refractivity (Wildman–Crippen MR) is 84.5 cm³/mol. The molecular formula is C15H17N3OS. The first kappa shape index (κ1) is 14.3. The second kappa shape index (κ2) is 6.86. The van der Waals surface area contributed by atoms with E-state index >= 15 is 0 Å². The van der Waals surface area contributed by atoms with E-state index in [1.807, 2.05) is 36.4 Å². The van der Waals surface area contributed by atoms with E-state index in [0.717, 1.165) is 17.8 Å². The van der Waals surface area contributed by atoms with Gasteiger partial charge in [0, 0.05) is 22.7 Å². The highest BCUT2D eigenvalue weighted by Gasteiger charge is 2.00. The van der Waals surface area contributed by atoms with Crippen LogP contribution in [0.25, 0.3) is 0 Å². The van der Waals surface area contributed by atoms with Gasteiger partial charge in [-0.3, -0.25) is 0 Å². The van der Waals surface area contributed by atoms with Gasteiger partial charge in [-0.25, -0.2) is 0 Å². The van der Waals surface area contributed by atoms with E-state index in [2.05, 4.69) is 28.9 Å². The summed E-state index contributed by atoms with van der Waals surface area (Å²) in [6.45, 7) is 0.730. The molecule has 0 bridgehead atoms.